The third kappa shape index (κ3) is 3.87. The Morgan fingerprint density at radius 2 is 2.10 bits per heavy atom. The van der Waals surface area contributed by atoms with Gasteiger partial charge in [0.25, 0.3) is 0 Å². The predicted molar refractivity (Wildman–Crippen MR) is 81.2 cm³/mol. The summed E-state index contributed by atoms with van der Waals surface area (Å²) in [5.41, 5.74) is 7.41. The highest BCUT2D eigenvalue weighted by Crippen LogP contribution is 2.21. The third-order valence-electron chi connectivity index (χ3n) is 3.68. The highest BCUT2D eigenvalue weighted by molar-refractivity contribution is 5.90. The largest absolute Gasteiger partial charge is 0.478 e. The Morgan fingerprint density at radius 3 is 2.70 bits per heavy atom. The molecule has 1 atom stereocenters. The fraction of sp³-hybridized carbons (Fsp3) is 0.533. The molecule has 0 amide bonds. The molecular formula is C15H23N3O2. The zero-order valence-corrected chi connectivity index (χ0v) is 11.9. The first-order valence-electron chi connectivity index (χ1n) is 7.18. The van der Waals surface area contributed by atoms with E-state index in [1.165, 1.54) is 38.4 Å². The second-order valence-electron chi connectivity index (χ2n) is 5.51. The molecule has 1 aliphatic heterocycles. The van der Waals surface area contributed by atoms with E-state index in [0.29, 0.717) is 5.69 Å². The first-order chi connectivity index (χ1) is 9.56. The van der Waals surface area contributed by atoms with E-state index >= 15 is 0 Å². The summed E-state index contributed by atoms with van der Waals surface area (Å²) in [6.07, 6.45) is 3.90. The van der Waals surface area contributed by atoms with Crippen molar-refractivity contribution in [2.24, 2.45) is 0 Å². The van der Waals surface area contributed by atoms with Crippen LogP contribution in [0.1, 0.15) is 36.5 Å². The molecular weight excluding hydrogens is 254 g/mol. The van der Waals surface area contributed by atoms with Crippen LogP contribution in [0.5, 0.6) is 0 Å². The van der Waals surface area contributed by atoms with Crippen molar-refractivity contribution in [3.8, 4) is 0 Å². The molecule has 0 radical (unpaired) electrons. The molecule has 5 nitrogen and oxygen atoms in total. The molecule has 110 valence electrons. The standard InChI is InChI=1S/C15H23N3O2/c1-11(10-18-7-3-2-4-8-18)17-14-6-5-12(15(19)20)9-13(14)16/h5-6,9,11,17H,2-4,7-8,10,16H2,1H3,(H,19,20). The number of nitrogens with zero attached hydrogens (tertiary/aromatic N) is 1. The normalized spacial score (nSPS) is 17.6. The van der Waals surface area contributed by atoms with Crippen LogP contribution >= 0.6 is 0 Å². The van der Waals surface area contributed by atoms with E-state index in [9.17, 15) is 4.79 Å². The summed E-state index contributed by atoms with van der Waals surface area (Å²) in [7, 11) is 0. The highest BCUT2D eigenvalue weighted by Gasteiger charge is 2.14. The fourth-order valence-electron chi connectivity index (χ4n) is 2.67. The van der Waals surface area contributed by atoms with Gasteiger partial charge in [0.15, 0.2) is 0 Å². The SMILES string of the molecule is CC(CN1CCCCC1)Nc1ccc(C(=O)O)cc1N. The summed E-state index contributed by atoms with van der Waals surface area (Å²) in [6, 6.07) is 5.10. The van der Waals surface area contributed by atoms with Crippen molar-refractivity contribution in [3.63, 3.8) is 0 Å². The molecule has 1 heterocycles. The molecule has 2 rings (SSSR count). The number of piperidine rings is 1. The number of anilines is 2. The maximum atomic E-state index is 10.9. The summed E-state index contributed by atoms with van der Waals surface area (Å²) in [6.45, 7) is 5.44. The van der Waals surface area contributed by atoms with Crippen molar-refractivity contribution in [2.75, 3.05) is 30.7 Å². The number of aromatic carboxylic acids is 1. The Hall–Kier alpha value is -1.75. The number of benzene rings is 1. The van der Waals surface area contributed by atoms with Gasteiger partial charge < -0.3 is 21.1 Å². The van der Waals surface area contributed by atoms with Crippen molar-refractivity contribution in [1.29, 1.82) is 0 Å². The highest BCUT2D eigenvalue weighted by atomic mass is 16.4. The number of nitrogens with two attached hydrogens (primary N) is 1. The summed E-state index contributed by atoms with van der Waals surface area (Å²) in [4.78, 5) is 13.3. The van der Waals surface area contributed by atoms with Gasteiger partial charge in [0.1, 0.15) is 0 Å². The molecule has 0 aliphatic carbocycles. The van der Waals surface area contributed by atoms with E-state index in [2.05, 4.69) is 17.1 Å². The van der Waals surface area contributed by atoms with E-state index in [1.807, 2.05) is 0 Å². The van der Waals surface area contributed by atoms with Gasteiger partial charge in [0, 0.05) is 12.6 Å². The van der Waals surface area contributed by atoms with Gasteiger partial charge in [-0.1, -0.05) is 6.42 Å². The van der Waals surface area contributed by atoms with Gasteiger partial charge in [0.05, 0.1) is 16.9 Å². The van der Waals surface area contributed by atoms with E-state index in [1.54, 1.807) is 12.1 Å². The number of nitrogens with one attached hydrogen (secondary N) is 1. The second-order valence-corrected chi connectivity index (χ2v) is 5.51. The van der Waals surface area contributed by atoms with E-state index < -0.39 is 5.97 Å². The maximum Gasteiger partial charge on any atom is 0.335 e. The molecule has 1 saturated heterocycles. The first kappa shape index (κ1) is 14.7. The molecule has 1 aromatic carbocycles. The number of carboxylic acids is 1. The van der Waals surface area contributed by atoms with Crippen LogP contribution in [0, 0.1) is 0 Å². The van der Waals surface area contributed by atoms with Crippen LogP contribution in [0.15, 0.2) is 18.2 Å². The van der Waals surface area contributed by atoms with Gasteiger partial charge in [-0.2, -0.15) is 0 Å². The van der Waals surface area contributed by atoms with Crippen molar-refractivity contribution < 1.29 is 9.90 Å². The number of likely N-dealkylation sites (tertiary alicyclic amines) is 1. The first-order valence-corrected chi connectivity index (χ1v) is 7.18. The average Bonchev–Trinajstić information content (AvgIpc) is 2.42. The zero-order valence-electron chi connectivity index (χ0n) is 11.9. The Labute approximate surface area is 119 Å². The van der Waals surface area contributed by atoms with Gasteiger partial charge in [0.2, 0.25) is 0 Å². The lowest BCUT2D eigenvalue weighted by atomic mass is 10.1. The molecule has 1 fully saturated rings. The van der Waals surface area contributed by atoms with Crippen molar-refractivity contribution in [1.82, 2.24) is 4.90 Å². The maximum absolute atomic E-state index is 10.9. The lowest BCUT2D eigenvalue weighted by Gasteiger charge is -2.30. The van der Waals surface area contributed by atoms with Crippen LogP contribution in [-0.4, -0.2) is 41.7 Å². The summed E-state index contributed by atoms with van der Waals surface area (Å²) < 4.78 is 0. The van der Waals surface area contributed by atoms with E-state index in [0.717, 1.165) is 12.2 Å². The second kappa shape index (κ2) is 6.61. The van der Waals surface area contributed by atoms with Crippen LogP contribution < -0.4 is 11.1 Å². The van der Waals surface area contributed by atoms with E-state index in [-0.39, 0.29) is 11.6 Å². The Morgan fingerprint density at radius 1 is 1.40 bits per heavy atom. The minimum atomic E-state index is -0.954. The van der Waals surface area contributed by atoms with Crippen LogP contribution in [-0.2, 0) is 0 Å². The average molecular weight is 277 g/mol. The molecule has 0 spiro atoms. The molecule has 0 aromatic heterocycles. The number of nitrogen functional groups attached to an aromatic ring is 1. The molecule has 0 saturated carbocycles. The lowest BCUT2D eigenvalue weighted by molar-refractivity contribution is 0.0697. The lowest BCUT2D eigenvalue weighted by Crippen LogP contribution is -2.38. The monoisotopic (exact) mass is 277 g/mol. The van der Waals surface area contributed by atoms with Gasteiger partial charge in [-0.3, -0.25) is 0 Å². The Balaban J connectivity index is 1.93. The van der Waals surface area contributed by atoms with Gasteiger partial charge in [-0.15, -0.1) is 0 Å². The molecule has 4 N–H and O–H groups in total. The number of carbonyl (C=O) groups is 1. The van der Waals surface area contributed by atoms with Crippen molar-refractivity contribution in [3.05, 3.63) is 23.8 Å². The van der Waals surface area contributed by atoms with E-state index in [4.69, 9.17) is 10.8 Å². The summed E-state index contributed by atoms with van der Waals surface area (Å²) in [5, 5.41) is 12.3. The molecule has 0 bridgehead atoms. The summed E-state index contributed by atoms with van der Waals surface area (Å²) >= 11 is 0. The van der Waals surface area contributed by atoms with Gasteiger partial charge in [-0.25, -0.2) is 4.79 Å². The number of rotatable bonds is 5. The fourth-order valence-corrected chi connectivity index (χ4v) is 2.67. The molecule has 5 heteroatoms. The smallest absolute Gasteiger partial charge is 0.335 e. The van der Waals surface area contributed by atoms with Crippen molar-refractivity contribution >= 4 is 17.3 Å². The van der Waals surface area contributed by atoms with Crippen LogP contribution in [0.25, 0.3) is 0 Å². The minimum Gasteiger partial charge on any atom is -0.478 e. The molecule has 1 unspecified atom stereocenters. The Bertz CT molecular complexity index is 470. The predicted octanol–water partition coefficient (Wildman–Crippen LogP) is 2.25. The molecule has 1 aliphatic rings. The van der Waals surface area contributed by atoms with Crippen molar-refractivity contribution in [2.45, 2.75) is 32.2 Å². The van der Waals surface area contributed by atoms with Crippen LogP contribution in [0.3, 0.4) is 0 Å². The summed E-state index contributed by atoms with van der Waals surface area (Å²) in [5.74, 6) is -0.954. The topological polar surface area (TPSA) is 78.6 Å². The minimum absolute atomic E-state index is 0.219. The quantitative estimate of drug-likeness (QED) is 0.719. The number of hydrogen-bond donors (Lipinski definition) is 3. The van der Waals surface area contributed by atoms with Gasteiger partial charge >= 0.3 is 5.97 Å². The Kier molecular flexibility index (Phi) is 4.84. The number of hydrogen-bond acceptors (Lipinski definition) is 4. The zero-order chi connectivity index (χ0) is 14.5. The van der Waals surface area contributed by atoms with Crippen LogP contribution in [0.2, 0.25) is 0 Å². The van der Waals surface area contributed by atoms with Crippen LogP contribution in [0.4, 0.5) is 11.4 Å². The third-order valence-corrected chi connectivity index (χ3v) is 3.68. The molecule has 20 heavy (non-hydrogen) atoms. The molecule has 1 aromatic rings. The van der Waals surface area contributed by atoms with Gasteiger partial charge in [-0.05, 0) is 51.1 Å². The number of carboxylic acid groups (broad SMARTS) is 1.